The summed E-state index contributed by atoms with van der Waals surface area (Å²) in [6.45, 7) is 4.33. The first kappa shape index (κ1) is 25.8. The van der Waals surface area contributed by atoms with Crippen molar-refractivity contribution in [1.82, 2.24) is 4.40 Å². The number of hydrogen-bond acceptors (Lipinski definition) is 4. The van der Waals surface area contributed by atoms with E-state index < -0.39 is 5.60 Å². The van der Waals surface area contributed by atoms with E-state index in [1.807, 2.05) is 45.2 Å². The molecule has 3 aromatic carbocycles. The van der Waals surface area contributed by atoms with Crippen molar-refractivity contribution in [3.63, 3.8) is 0 Å². The van der Waals surface area contributed by atoms with Crippen molar-refractivity contribution in [2.45, 2.75) is 25.9 Å². The van der Waals surface area contributed by atoms with Gasteiger partial charge in [-0.2, -0.15) is 0 Å². The molecule has 6 rings (SSSR count). The predicted octanol–water partition coefficient (Wildman–Crippen LogP) is 7.07. The van der Waals surface area contributed by atoms with Gasteiger partial charge in [0, 0.05) is 73.7 Å². The Balaban J connectivity index is 1.77. The molecule has 0 saturated carbocycles. The molecular weight excluding hydrogens is 494 g/mol. The highest BCUT2D eigenvalue weighted by Crippen LogP contribution is 2.53. The van der Waals surface area contributed by atoms with Crippen LogP contribution in [0.5, 0.6) is 0 Å². The van der Waals surface area contributed by atoms with Gasteiger partial charge in [0.1, 0.15) is 0 Å². The Labute approximate surface area is 236 Å². The average Bonchev–Trinajstić information content (AvgIpc) is 3.44. The molecule has 5 nitrogen and oxygen atoms in total. The van der Waals surface area contributed by atoms with Gasteiger partial charge >= 0.3 is 5.97 Å². The van der Waals surface area contributed by atoms with Crippen LogP contribution < -0.4 is 9.80 Å². The summed E-state index contributed by atoms with van der Waals surface area (Å²) in [7, 11) is 8.03. The Hall–Kier alpha value is -4.51. The molecule has 0 bridgehead atoms. The number of anilines is 2. The van der Waals surface area contributed by atoms with Crippen molar-refractivity contribution in [2.75, 3.05) is 38.0 Å². The molecule has 0 aliphatic carbocycles. The molecule has 0 saturated heterocycles. The fraction of sp³-hybridized carbons (Fsp3) is 0.229. The fourth-order valence-electron chi connectivity index (χ4n) is 6.05. The number of rotatable bonds is 6. The second-order valence-corrected chi connectivity index (χ2v) is 11.0. The number of carbonyl (C=O) groups excluding carboxylic acids is 1. The van der Waals surface area contributed by atoms with Crippen LogP contribution in [0.1, 0.15) is 45.2 Å². The molecule has 1 unspecified atom stereocenters. The maximum Gasteiger partial charge on any atom is 0.340 e. The van der Waals surface area contributed by atoms with E-state index in [2.05, 4.69) is 102 Å². The van der Waals surface area contributed by atoms with E-state index in [4.69, 9.17) is 4.74 Å². The van der Waals surface area contributed by atoms with Crippen LogP contribution in [0.25, 0.3) is 16.6 Å². The summed E-state index contributed by atoms with van der Waals surface area (Å²) in [4.78, 5) is 17.9. The second kappa shape index (κ2) is 9.60. The van der Waals surface area contributed by atoms with Gasteiger partial charge < -0.3 is 18.9 Å². The maximum absolute atomic E-state index is 13.8. The SMILES string of the molecule is CCc1ccc2c(C3(c4ccc(N(C)C)cc4)OC(=O)c4cc(N(C)C)ccc43)c(-c3ccccc3)c(C)n2c1. The number of fused-ring (bicyclic) bond motifs is 2. The van der Waals surface area contributed by atoms with Crippen LogP contribution in [0, 0.1) is 6.92 Å². The van der Waals surface area contributed by atoms with Crippen LogP contribution in [0.4, 0.5) is 11.4 Å². The van der Waals surface area contributed by atoms with Gasteiger partial charge in [0.05, 0.1) is 11.1 Å². The minimum Gasteiger partial charge on any atom is -0.440 e. The maximum atomic E-state index is 13.8. The number of esters is 1. The lowest BCUT2D eigenvalue weighted by Crippen LogP contribution is -2.30. The summed E-state index contributed by atoms with van der Waals surface area (Å²) in [6, 6.07) is 29.3. The molecule has 0 fully saturated rings. The molecule has 0 amide bonds. The van der Waals surface area contributed by atoms with Crippen LogP contribution in [0.3, 0.4) is 0 Å². The molecule has 1 aliphatic rings. The third kappa shape index (κ3) is 3.80. The lowest BCUT2D eigenvalue weighted by molar-refractivity contribution is 0.0257. The molecule has 0 spiro atoms. The van der Waals surface area contributed by atoms with Crippen LogP contribution in [0.15, 0.2) is 91.1 Å². The zero-order chi connectivity index (χ0) is 28.2. The molecule has 1 aliphatic heterocycles. The van der Waals surface area contributed by atoms with Crippen molar-refractivity contribution in [3.05, 3.63) is 125 Å². The first-order chi connectivity index (χ1) is 19.3. The predicted molar refractivity (Wildman–Crippen MR) is 164 cm³/mol. The van der Waals surface area contributed by atoms with Gasteiger partial charge in [0.25, 0.3) is 0 Å². The number of carbonyl (C=O) groups is 1. The highest BCUT2D eigenvalue weighted by molar-refractivity contribution is 5.99. The number of benzene rings is 3. The smallest absolute Gasteiger partial charge is 0.340 e. The third-order valence-electron chi connectivity index (χ3n) is 8.22. The Bertz CT molecular complexity index is 1730. The minimum absolute atomic E-state index is 0.309. The van der Waals surface area contributed by atoms with Crippen LogP contribution >= 0.6 is 0 Å². The van der Waals surface area contributed by atoms with Crippen LogP contribution in [0.2, 0.25) is 0 Å². The number of aromatic nitrogens is 1. The second-order valence-electron chi connectivity index (χ2n) is 11.0. The van der Waals surface area contributed by atoms with E-state index in [0.29, 0.717) is 5.56 Å². The van der Waals surface area contributed by atoms with Gasteiger partial charge in [-0.05, 0) is 54.8 Å². The van der Waals surface area contributed by atoms with E-state index >= 15 is 0 Å². The summed E-state index contributed by atoms with van der Waals surface area (Å²) in [5, 5.41) is 0. The molecule has 5 heteroatoms. The molecule has 0 radical (unpaired) electrons. The monoisotopic (exact) mass is 529 g/mol. The van der Waals surface area contributed by atoms with Gasteiger partial charge in [0.2, 0.25) is 0 Å². The van der Waals surface area contributed by atoms with Crippen molar-refractivity contribution >= 4 is 22.9 Å². The highest BCUT2D eigenvalue weighted by Gasteiger charge is 2.51. The van der Waals surface area contributed by atoms with E-state index in [0.717, 1.165) is 56.8 Å². The Morgan fingerprint density at radius 1 is 0.825 bits per heavy atom. The van der Waals surface area contributed by atoms with E-state index in [9.17, 15) is 4.79 Å². The Kier molecular flexibility index (Phi) is 6.18. The van der Waals surface area contributed by atoms with Crippen LogP contribution in [-0.4, -0.2) is 38.6 Å². The molecular formula is C35H35N3O2. The Morgan fingerprint density at radius 3 is 2.15 bits per heavy atom. The van der Waals surface area contributed by atoms with Gasteiger partial charge in [0.15, 0.2) is 5.60 Å². The molecule has 202 valence electrons. The fourth-order valence-corrected chi connectivity index (χ4v) is 6.05. The molecule has 40 heavy (non-hydrogen) atoms. The van der Waals surface area contributed by atoms with Gasteiger partial charge in [-0.25, -0.2) is 4.79 Å². The Morgan fingerprint density at radius 2 is 1.50 bits per heavy atom. The van der Waals surface area contributed by atoms with Gasteiger partial charge in [-0.1, -0.05) is 61.5 Å². The van der Waals surface area contributed by atoms with Crippen molar-refractivity contribution in [2.24, 2.45) is 0 Å². The quantitative estimate of drug-likeness (QED) is 0.221. The lowest BCUT2D eigenvalue weighted by atomic mass is 9.77. The van der Waals surface area contributed by atoms with Crippen molar-refractivity contribution in [1.29, 1.82) is 0 Å². The van der Waals surface area contributed by atoms with Crippen molar-refractivity contribution in [3.8, 4) is 11.1 Å². The largest absolute Gasteiger partial charge is 0.440 e. The number of ether oxygens (including phenoxy) is 1. The van der Waals surface area contributed by atoms with E-state index in [1.54, 1.807) is 0 Å². The van der Waals surface area contributed by atoms with Crippen molar-refractivity contribution < 1.29 is 9.53 Å². The summed E-state index contributed by atoms with van der Waals surface area (Å²) >= 11 is 0. The van der Waals surface area contributed by atoms with Gasteiger partial charge in [-0.15, -0.1) is 0 Å². The normalized spacial score (nSPS) is 16.2. The summed E-state index contributed by atoms with van der Waals surface area (Å²) in [5.41, 5.74) is 9.87. The standard InChI is InChI=1S/C35H35N3O2/c1-7-24-13-20-31-33(32(23(2)38(31)22-24)25-11-9-8-10-12-25)35(26-14-16-27(17-15-26)36(3)4)30-19-18-28(37(5)6)21-29(30)34(39)40-35/h8-22H,7H2,1-6H3. The molecule has 0 N–H and O–H groups in total. The number of hydrogen-bond donors (Lipinski definition) is 0. The highest BCUT2D eigenvalue weighted by atomic mass is 16.6. The zero-order valence-electron chi connectivity index (χ0n) is 24.0. The topological polar surface area (TPSA) is 37.2 Å². The minimum atomic E-state index is -1.12. The van der Waals surface area contributed by atoms with Gasteiger partial charge in [-0.3, -0.25) is 0 Å². The first-order valence-electron chi connectivity index (χ1n) is 13.8. The summed E-state index contributed by atoms with van der Waals surface area (Å²) in [6.07, 6.45) is 3.15. The van der Waals surface area contributed by atoms with E-state index in [1.165, 1.54) is 5.56 Å². The third-order valence-corrected chi connectivity index (χ3v) is 8.22. The molecule has 3 heterocycles. The van der Waals surface area contributed by atoms with E-state index in [-0.39, 0.29) is 5.97 Å². The summed E-state index contributed by atoms with van der Waals surface area (Å²) in [5.74, 6) is -0.309. The number of aryl methyl sites for hydroxylation is 2. The number of nitrogens with zero attached hydrogens (tertiary/aromatic N) is 3. The molecule has 2 aromatic heterocycles. The number of cyclic esters (lactones) is 1. The zero-order valence-corrected chi connectivity index (χ0v) is 24.0. The number of pyridine rings is 1. The average molecular weight is 530 g/mol. The lowest BCUT2D eigenvalue weighted by Gasteiger charge is -2.32. The molecule has 5 aromatic rings. The first-order valence-corrected chi connectivity index (χ1v) is 13.8. The van der Waals surface area contributed by atoms with Crippen LogP contribution in [-0.2, 0) is 16.8 Å². The molecule has 1 atom stereocenters. The summed E-state index contributed by atoms with van der Waals surface area (Å²) < 4.78 is 8.95.